The summed E-state index contributed by atoms with van der Waals surface area (Å²) in [6.45, 7) is 9.27. The fraction of sp³-hybridized carbons (Fsp3) is 0.778. The molecule has 0 spiro atoms. The van der Waals surface area contributed by atoms with Gasteiger partial charge in [0.05, 0.1) is 6.10 Å². The number of nitrogens with two attached hydrogens (primary N) is 1. The molecular formula is C18H30N4O2. The average molecular weight is 334 g/mol. The fourth-order valence-electron chi connectivity index (χ4n) is 4.07. The molecule has 2 aliphatic rings. The third kappa shape index (κ3) is 2.86. The van der Waals surface area contributed by atoms with E-state index in [4.69, 9.17) is 10.5 Å². The third-order valence-corrected chi connectivity index (χ3v) is 6.12. The molecule has 1 saturated heterocycles. The van der Waals surface area contributed by atoms with Gasteiger partial charge in [-0.15, -0.1) is 0 Å². The van der Waals surface area contributed by atoms with Crippen molar-refractivity contribution in [3.8, 4) is 0 Å². The number of hydrogen-bond donors (Lipinski definition) is 1. The molecule has 1 aliphatic heterocycles. The van der Waals surface area contributed by atoms with E-state index >= 15 is 0 Å². The standard InChI is InChI=1S/C18H30N4O2/c1-4-24-15-12-18(19,17(15,2)3)16(23)21-10-6-14(7-11-21)13-22-9-5-8-20-22/h5,8-9,14-15H,4,6-7,10-13,19H2,1-3H3. The van der Waals surface area contributed by atoms with Gasteiger partial charge >= 0.3 is 0 Å². The van der Waals surface area contributed by atoms with E-state index in [1.165, 1.54) is 0 Å². The Balaban J connectivity index is 1.55. The van der Waals surface area contributed by atoms with Crippen molar-refractivity contribution in [3.05, 3.63) is 18.5 Å². The van der Waals surface area contributed by atoms with Crippen LogP contribution in [0.5, 0.6) is 0 Å². The molecule has 1 saturated carbocycles. The van der Waals surface area contributed by atoms with E-state index < -0.39 is 5.54 Å². The highest BCUT2D eigenvalue weighted by molar-refractivity contribution is 5.89. The van der Waals surface area contributed by atoms with E-state index in [0.29, 0.717) is 18.9 Å². The number of hydrogen-bond acceptors (Lipinski definition) is 4. The molecule has 2 unspecified atom stereocenters. The maximum Gasteiger partial charge on any atom is 0.243 e. The van der Waals surface area contributed by atoms with Crippen molar-refractivity contribution >= 4 is 5.91 Å². The van der Waals surface area contributed by atoms with Crippen molar-refractivity contribution in [1.82, 2.24) is 14.7 Å². The summed E-state index contributed by atoms with van der Waals surface area (Å²) in [5.74, 6) is 0.675. The normalized spacial score (nSPS) is 30.2. The number of carbonyl (C=O) groups excluding carboxylic acids is 1. The van der Waals surface area contributed by atoms with Gasteiger partial charge in [-0.2, -0.15) is 5.10 Å². The molecule has 1 aromatic rings. The van der Waals surface area contributed by atoms with Crippen LogP contribution in [0.1, 0.15) is 40.0 Å². The Labute approximate surface area is 144 Å². The number of carbonyl (C=O) groups is 1. The summed E-state index contributed by atoms with van der Waals surface area (Å²) >= 11 is 0. The lowest BCUT2D eigenvalue weighted by Crippen LogP contribution is -2.76. The second-order valence-electron chi connectivity index (χ2n) is 7.80. The lowest BCUT2D eigenvalue weighted by atomic mass is 9.54. The summed E-state index contributed by atoms with van der Waals surface area (Å²) in [7, 11) is 0. The van der Waals surface area contributed by atoms with Crippen LogP contribution < -0.4 is 5.73 Å². The number of aromatic nitrogens is 2. The van der Waals surface area contributed by atoms with Crippen LogP contribution in [0.2, 0.25) is 0 Å². The topological polar surface area (TPSA) is 73.4 Å². The minimum absolute atomic E-state index is 0.0776. The molecule has 2 atom stereocenters. The van der Waals surface area contributed by atoms with Gasteiger partial charge in [0.1, 0.15) is 5.54 Å². The number of piperidine rings is 1. The van der Waals surface area contributed by atoms with Gasteiger partial charge in [-0.3, -0.25) is 9.48 Å². The minimum atomic E-state index is -0.790. The van der Waals surface area contributed by atoms with E-state index in [2.05, 4.69) is 18.9 Å². The predicted octanol–water partition coefficient (Wildman–Crippen LogP) is 1.65. The SMILES string of the molecule is CCOC1CC(N)(C(=O)N2CCC(Cn3cccn3)CC2)C1(C)C. The van der Waals surface area contributed by atoms with Gasteiger partial charge in [0.2, 0.25) is 5.91 Å². The highest BCUT2D eigenvalue weighted by Crippen LogP contribution is 2.50. The first kappa shape index (κ1) is 17.4. The number of nitrogens with zero attached hydrogens (tertiary/aromatic N) is 3. The molecule has 0 radical (unpaired) electrons. The highest BCUT2D eigenvalue weighted by atomic mass is 16.5. The lowest BCUT2D eigenvalue weighted by molar-refractivity contribution is -0.180. The van der Waals surface area contributed by atoms with Crippen LogP contribution in [0.3, 0.4) is 0 Å². The van der Waals surface area contributed by atoms with Crippen molar-refractivity contribution in [2.24, 2.45) is 17.1 Å². The molecule has 2 N–H and O–H groups in total. The Kier molecular flexibility index (Phi) is 4.71. The highest BCUT2D eigenvalue weighted by Gasteiger charge is 2.63. The first-order valence-corrected chi connectivity index (χ1v) is 9.05. The summed E-state index contributed by atoms with van der Waals surface area (Å²) in [5, 5.41) is 4.27. The Morgan fingerprint density at radius 1 is 1.38 bits per heavy atom. The van der Waals surface area contributed by atoms with Gasteiger partial charge in [0.25, 0.3) is 0 Å². The molecule has 6 nitrogen and oxygen atoms in total. The Morgan fingerprint density at radius 2 is 2.08 bits per heavy atom. The van der Waals surface area contributed by atoms with E-state index in [1.54, 1.807) is 0 Å². The first-order valence-electron chi connectivity index (χ1n) is 9.05. The van der Waals surface area contributed by atoms with Crippen LogP contribution in [-0.4, -0.2) is 51.9 Å². The summed E-state index contributed by atoms with van der Waals surface area (Å²) in [4.78, 5) is 15.0. The molecule has 2 heterocycles. The van der Waals surface area contributed by atoms with Crippen LogP contribution in [-0.2, 0) is 16.1 Å². The summed E-state index contributed by atoms with van der Waals surface area (Å²) in [5.41, 5.74) is 5.43. The second kappa shape index (κ2) is 6.48. The van der Waals surface area contributed by atoms with Crippen LogP contribution in [0, 0.1) is 11.3 Å². The first-order chi connectivity index (χ1) is 11.4. The van der Waals surface area contributed by atoms with Crippen molar-refractivity contribution in [2.75, 3.05) is 19.7 Å². The van der Waals surface area contributed by atoms with Crippen LogP contribution in [0.25, 0.3) is 0 Å². The summed E-state index contributed by atoms with van der Waals surface area (Å²) in [6, 6.07) is 1.95. The quantitative estimate of drug-likeness (QED) is 0.889. The number of rotatable bonds is 5. The van der Waals surface area contributed by atoms with E-state index in [0.717, 1.165) is 32.5 Å². The monoisotopic (exact) mass is 334 g/mol. The largest absolute Gasteiger partial charge is 0.378 e. The predicted molar refractivity (Wildman–Crippen MR) is 92.3 cm³/mol. The molecule has 3 rings (SSSR count). The zero-order valence-electron chi connectivity index (χ0n) is 15.1. The second-order valence-corrected chi connectivity index (χ2v) is 7.80. The van der Waals surface area contributed by atoms with Crippen LogP contribution >= 0.6 is 0 Å². The fourth-order valence-corrected chi connectivity index (χ4v) is 4.07. The molecule has 6 heteroatoms. The molecule has 1 aromatic heterocycles. The zero-order chi connectivity index (χ0) is 17.4. The van der Waals surface area contributed by atoms with Crippen LogP contribution in [0.4, 0.5) is 0 Å². The van der Waals surface area contributed by atoms with Gasteiger partial charge in [-0.05, 0) is 31.7 Å². The maximum absolute atomic E-state index is 13.0. The number of likely N-dealkylation sites (tertiary alicyclic amines) is 1. The molecule has 0 aromatic carbocycles. The third-order valence-electron chi connectivity index (χ3n) is 6.12. The Bertz CT molecular complexity index is 564. The molecule has 1 amide bonds. The van der Waals surface area contributed by atoms with E-state index in [9.17, 15) is 4.79 Å². The molecule has 2 fully saturated rings. The Hall–Kier alpha value is -1.40. The Morgan fingerprint density at radius 3 is 2.62 bits per heavy atom. The maximum atomic E-state index is 13.0. The molecule has 134 valence electrons. The van der Waals surface area contributed by atoms with Gasteiger partial charge in [-0.1, -0.05) is 13.8 Å². The molecule has 1 aliphatic carbocycles. The zero-order valence-corrected chi connectivity index (χ0v) is 15.1. The van der Waals surface area contributed by atoms with E-state index in [1.807, 2.05) is 35.0 Å². The van der Waals surface area contributed by atoms with Gasteiger partial charge in [-0.25, -0.2) is 0 Å². The molecule has 24 heavy (non-hydrogen) atoms. The van der Waals surface area contributed by atoms with Crippen LogP contribution in [0.15, 0.2) is 18.5 Å². The van der Waals surface area contributed by atoms with Gasteiger partial charge < -0.3 is 15.4 Å². The minimum Gasteiger partial charge on any atom is -0.378 e. The summed E-state index contributed by atoms with van der Waals surface area (Å²) in [6.07, 6.45) is 6.53. The van der Waals surface area contributed by atoms with Crippen molar-refractivity contribution < 1.29 is 9.53 Å². The summed E-state index contributed by atoms with van der Waals surface area (Å²) < 4.78 is 7.72. The molecular weight excluding hydrogens is 304 g/mol. The lowest BCUT2D eigenvalue weighted by Gasteiger charge is -2.59. The van der Waals surface area contributed by atoms with Gasteiger partial charge in [0, 0.05) is 50.5 Å². The number of amides is 1. The van der Waals surface area contributed by atoms with Crippen molar-refractivity contribution in [1.29, 1.82) is 0 Å². The smallest absolute Gasteiger partial charge is 0.243 e. The van der Waals surface area contributed by atoms with Crippen molar-refractivity contribution in [3.63, 3.8) is 0 Å². The average Bonchev–Trinajstić information content (AvgIpc) is 3.07. The van der Waals surface area contributed by atoms with Crippen molar-refractivity contribution in [2.45, 2.75) is 58.2 Å². The number of ether oxygens (including phenoxy) is 1. The van der Waals surface area contributed by atoms with Gasteiger partial charge in [0.15, 0.2) is 0 Å². The van der Waals surface area contributed by atoms with E-state index in [-0.39, 0.29) is 17.4 Å². The molecule has 0 bridgehead atoms.